The molecule has 7 nitrogen and oxygen atoms in total. The number of ether oxygens (including phenoxy) is 1. The first-order chi connectivity index (χ1) is 15.1. The van der Waals surface area contributed by atoms with Gasteiger partial charge in [0.2, 0.25) is 0 Å². The van der Waals surface area contributed by atoms with Crippen LogP contribution in [0.15, 0.2) is 54.2 Å². The van der Waals surface area contributed by atoms with Gasteiger partial charge in [-0.3, -0.25) is 9.59 Å². The minimum absolute atomic E-state index is 0.204. The molecule has 0 atom stereocenters. The first kappa shape index (κ1) is 19.1. The number of nitrogens with zero attached hydrogens (tertiary/aromatic N) is 2. The minimum atomic E-state index is -0.470. The van der Waals surface area contributed by atoms with Gasteiger partial charge in [-0.05, 0) is 13.0 Å². The summed E-state index contributed by atoms with van der Waals surface area (Å²) in [5.74, 6) is -0.553. The molecule has 0 bridgehead atoms. The lowest BCUT2D eigenvalue weighted by molar-refractivity contribution is 0.0529. The monoisotopic (exact) mass is 429 g/mol. The number of hydrogen-bond donors (Lipinski definition) is 1. The Morgan fingerprint density at radius 1 is 1.00 bits per heavy atom. The van der Waals surface area contributed by atoms with E-state index in [0.29, 0.717) is 44.0 Å². The molecule has 5 rings (SSSR count). The number of carbonyl (C=O) groups is 3. The lowest BCUT2D eigenvalue weighted by atomic mass is 9.83. The van der Waals surface area contributed by atoms with Crippen molar-refractivity contribution in [2.75, 3.05) is 11.9 Å². The molecule has 0 radical (unpaired) electrons. The van der Waals surface area contributed by atoms with Gasteiger partial charge in [0.25, 0.3) is 0 Å². The summed E-state index contributed by atoms with van der Waals surface area (Å²) in [6, 6.07) is 11.8. The Morgan fingerprint density at radius 3 is 2.52 bits per heavy atom. The third-order valence-electron chi connectivity index (χ3n) is 5.07. The molecule has 1 aliphatic carbocycles. The fraction of sp³-hybridized carbons (Fsp3) is 0.0870. The molecule has 1 N–H and O–H groups in total. The third kappa shape index (κ3) is 3.00. The Balaban J connectivity index is 1.64. The summed E-state index contributed by atoms with van der Waals surface area (Å²) in [5.41, 5.74) is 2.16. The topological polar surface area (TPSA) is 98.2 Å². The molecule has 31 heavy (non-hydrogen) atoms. The van der Waals surface area contributed by atoms with E-state index in [1.807, 2.05) is 0 Å². The maximum Gasteiger partial charge on any atom is 0.339 e. The van der Waals surface area contributed by atoms with Crippen LogP contribution in [0, 0.1) is 0 Å². The summed E-state index contributed by atoms with van der Waals surface area (Å²) in [6.07, 6.45) is 1.38. The summed E-state index contributed by atoms with van der Waals surface area (Å²) in [6.45, 7) is 1.98. The van der Waals surface area contributed by atoms with Crippen molar-refractivity contribution < 1.29 is 19.1 Å². The van der Waals surface area contributed by atoms with Crippen LogP contribution < -0.4 is 5.32 Å². The molecule has 2 heterocycles. The minimum Gasteiger partial charge on any atom is -0.462 e. The first-order valence-electron chi connectivity index (χ1n) is 9.58. The fourth-order valence-electron chi connectivity index (χ4n) is 3.71. The van der Waals surface area contributed by atoms with Crippen LogP contribution in [0.5, 0.6) is 0 Å². The maximum atomic E-state index is 13.2. The zero-order valence-corrected chi connectivity index (χ0v) is 17.2. The molecule has 0 fully saturated rings. The van der Waals surface area contributed by atoms with Gasteiger partial charge in [-0.25, -0.2) is 14.8 Å². The standard InChI is InChI=1S/C23H15N3O4S/c1-2-30-23(29)15-10-31-22-18(15)21(24-11-25-22)26-16-9-5-8-14-17(16)20(28)13-7-4-3-6-12(13)19(14)27/h3-11H,2H2,1H3,(H,24,25,26). The molecular weight excluding hydrogens is 414 g/mol. The Labute approximate surface area is 180 Å². The Bertz CT molecular complexity index is 1390. The highest BCUT2D eigenvalue weighted by Crippen LogP contribution is 2.36. The average Bonchev–Trinajstić information content (AvgIpc) is 3.23. The number of esters is 1. The highest BCUT2D eigenvalue weighted by molar-refractivity contribution is 7.17. The van der Waals surface area contributed by atoms with E-state index in [2.05, 4.69) is 15.3 Å². The molecule has 1 aliphatic rings. The third-order valence-corrected chi connectivity index (χ3v) is 5.96. The Hall–Kier alpha value is -3.91. The summed E-state index contributed by atoms with van der Waals surface area (Å²) in [5, 5.41) is 5.34. The van der Waals surface area contributed by atoms with Crippen molar-refractivity contribution in [2.24, 2.45) is 0 Å². The van der Waals surface area contributed by atoms with Gasteiger partial charge in [0.15, 0.2) is 11.6 Å². The molecule has 2 aromatic carbocycles. The number of carbonyl (C=O) groups excluding carboxylic acids is 3. The molecule has 0 saturated carbocycles. The number of rotatable bonds is 4. The molecule has 0 amide bonds. The largest absolute Gasteiger partial charge is 0.462 e. The van der Waals surface area contributed by atoms with Crippen LogP contribution in [0.1, 0.15) is 49.1 Å². The van der Waals surface area contributed by atoms with E-state index in [9.17, 15) is 14.4 Å². The average molecular weight is 429 g/mol. The molecule has 0 spiro atoms. The number of ketones is 2. The number of hydrogen-bond acceptors (Lipinski definition) is 8. The molecule has 0 unspecified atom stereocenters. The van der Waals surface area contributed by atoms with Crippen LogP contribution in [-0.2, 0) is 4.74 Å². The highest BCUT2D eigenvalue weighted by Gasteiger charge is 2.31. The van der Waals surface area contributed by atoms with Crippen molar-refractivity contribution in [3.05, 3.63) is 82.0 Å². The van der Waals surface area contributed by atoms with Gasteiger partial charge in [0, 0.05) is 22.1 Å². The Kier molecular flexibility index (Phi) is 4.56. The van der Waals surface area contributed by atoms with Crippen molar-refractivity contribution in [3.63, 3.8) is 0 Å². The van der Waals surface area contributed by atoms with Gasteiger partial charge in [-0.2, -0.15) is 0 Å². The van der Waals surface area contributed by atoms with Crippen molar-refractivity contribution in [1.29, 1.82) is 0 Å². The molecule has 2 aromatic heterocycles. The second-order valence-electron chi connectivity index (χ2n) is 6.83. The number of benzene rings is 2. The van der Waals surface area contributed by atoms with E-state index >= 15 is 0 Å². The first-order valence-corrected chi connectivity index (χ1v) is 10.5. The van der Waals surface area contributed by atoms with E-state index in [1.165, 1.54) is 17.7 Å². The van der Waals surface area contributed by atoms with Crippen LogP contribution in [0.2, 0.25) is 0 Å². The van der Waals surface area contributed by atoms with Crippen LogP contribution in [0.4, 0.5) is 11.5 Å². The molecule has 8 heteroatoms. The summed E-state index contributed by atoms with van der Waals surface area (Å²) < 4.78 is 5.15. The van der Waals surface area contributed by atoms with E-state index in [4.69, 9.17) is 4.74 Å². The van der Waals surface area contributed by atoms with Gasteiger partial charge in [0.05, 0.1) is 28.8 Å². The smallest absolute Gasteiger partial charge is 0.339 e. The van der Waals surface area contributed by atoms with Crippen LogP contribution in [0.25, 0.3) is 10.2 Å². The van der Waals surface area contributed by atoms with Gasteiger partial charge >= 0.3 is 5.97 Å². The highest BCUT2D eigenvalue weighted by atomic mass is 32.1. The Morgan fingerprint density at radius 2 is 1.74 bits per heavy atom. The van der Waals surface area contributed by atoms with Crippen LogP contribution >= 0.6 is 11.3 Å². The van der Waals surface area contributed by atoms with E-state index in [1.54, 1.807) is 54.8 Å². The van der Waals surface area contributed by atoms with Gasteiger partial charge in [0.1, 0.15) is 17.0 Å². The zero-order chi connectivity index (χ0) is 21.5. The van der Waals surface area contributed by atoms with Crippen molar-refractivity contribution in [1.82, 2.24) is 9.97 Å². The summed E-state index contributed by atoms with van der Waals surface area (Å²) in [4.78, 5) is 47.7. The molecule has 152 valence electrons. The van der Waals surface area contributed by atoms with Crippen LogP contribution in [-0.4, -0.2) is 34.1 Å². The van der Waals surface area contributed by atoms with Crippen LogP contribution in [0.3, 0.4) is 0 Å². The second kappa shape index (κ2) is 7.41. The van der Waals surface area contributed by atoms with Gasteiger partial charge in [-0.15, -0.1) is 11.3 Å². The van der Waals surface area contributed by atoms with Crippen molar-refractivity contribution >= 4 is 50.6 Å². The van der Waals surface area contributed by atoms with E-state index < -0.39 is 5.97 Å². The maximum absolute atomic E-state index is 13.2. The molecule has 0 aliphatic heterocycles. The normalized spacial score (nSPS) is 12.4. The van der Waals surface area contributed by atoms with Gasteiger partial charge in [-0.1, -0.05) is 36.4 Å². The predicted molar refractivity (Wildman–Crippen MR) is 116 cm³/mol. The number of aromatic nitrogens is 2. The van der Waals surface area contributed by atoms with Gasteiger partial charge < -0.3 is 10.1 Å². The number of fused-ring (bicyclic) bond motifs is 3. The zero-order valence-electron chi connectivity index (χ0n) is 16.3. The fourth-order valence-corrected chi connectivity index (χ4v) is 4.58. The lowest BCUT2D eigenvalue weighted by Crippen LogP contribution is -2.22. The van der Waals surface area contributed by atoms with E-state index in [-0.39, 0.29) is 23.7 Å². The van der Waals surface area contributed by atoms with E-state index in [0.717, 1.165) is 0 Å². The molecule has 0 saturated heterocycles. The number of thiophene rings is 1. The number of anilines is 2. The number of nitrogens with one attached hydrogen (secondary N) is 1. The SMILES string of the molecule is CCOC(=O)c1csc2ncnc(Nc3cccc4c3C(=O)c3ccccc3C4=O)c12. The summed E-state index contributed by atoms with van der Waals surface area (Å²) >= 11 is 1.30. The lowest BCUT2D eigenvalue weighted by Gasteiger charge is -2.20. The van der Waals surface area contributed by atoms with Crippen molar-refractivity contribution in [3.8, 4) is 0 Å². The molecule has 4 aromatic rings. The van der Waals surface area contributed by atoms with Crippen molar-refractivity contribution in [2.45, 2.75) is 6.92 Å². The predicted octanol–water partition coefficient (Wildman–Crippen LogP) is 4.39. The summed E-state index contributed by atoms with van der Waals surface area (Å²) in [7, 11) is 0. The second-order valence-corrected chi connectivity index (χ2v) is 7.69. The molecular formula is C23H15N3O4S. The quantitative estimate of drug-likeness (QED) is 0.423.